The molecule has 3 rings (SSSR count). The van der Waals surface area contributed by atoms with E-state index in [1.54, 1.807) is 6.08 Å². The molecule has 132 valence electrons. The number of rotatable bonds is 5. The molecule has 6 heteroatoms. The van der Waals surface area contributed by atoms with Gasteiger partial charge in [0.05, 0.1) is 24.1 Å². The van der Waals surface area contributed by atoms with Gasteiger partial charge < -0.3 is 4.74 Å². The highest BCUT2D eigenvalue weighted by Crippen LogP contribution is 2.31. The first-order valence-electron chi connectivity index (χ1n) is 7.90. The third-order valence-corrected chi connectivity index (χ3v) is 5.34. The summed E-state index contributed by atoms with van der Waals surface area (Å²) in [6.45, 7) is 5.99. The van der Waals surface area contributed by atoms with E-state index in [0.29, 0.717) is 17.9 Å². The Hall–Kier alpha value is -1.68. The largest absolute Gasteiger partial charge is 0.487 e. The van der Waals surface area contributed by atoms with Crippen LogP contribution in [0.25, 0.3) is 6.08 Å². The van der Waals surface area contributed by atoms with Gasteiger partial charge in [0.1, 0.15) is 12.4 Å². The number of ether oxygens (including phenoxy) is 1. The lowest BCUT2D eigenvalue weighted by molar-refractivity contribution is -0.114. The molecular weight excluding hydrogens is 554 g/mol. The van der Waals surface area contributed by atoms with Gasteiger partial charge in [0.15, 0.2) is 0 Å². The summed E-state index contributed by atoms with van der Waals surface area (Å²) in [4.78, 5) is 12.8. The number of para-hydroxylation sites is 1. The van der Waals surface area contributed by atoms with Crippen LogP contribution in [0.15, 0.2) is 65.8 Å². The molecule has 26 heavy (non-hydrogen) atoms. The van der Waals surface area contributed by atoms with Gasteiger partial charge in [0, 0.05) is 0 Å². The number of carbonyl (C=O) groups excluding carboxylic acids is 1. The number of hydrazone groups is 1. The van der Waals surface area contributed by atoms with Crippen LogP contribution in [-0.4, -0.2) is 18.2 Å². The minimum atomic E-state index is -0.120. The van der Waals surface area contributed by atoms with Crippen molar-refractivity contribution in [1.82, 2.24) is 0 Å². The number of hydrogen-bond donors (Lipinski definition) is 0. The molecule has 0 bridgehead atoms. The van der Waals surface area contributed by atoms with Gasteiger partial charge >= 0.3 is 0 Å². The quantitative estimate of drug-likeness (QED) is 0.280. The van der Waals surface area contributed by atoms with Gasteiger partial charge in [0.25, 0.3) is 5.91 Å². The summed E-state index contributed by atoms with van der Waals surface area (Å²) in [5.41, 5.74) is 3.01. The maximum atomic E-state index is 12.8. The Labute approximate surface area is 179 Å². The molecule has 2 aromatic rings. The number of anilines is 1. The molecule has 4 nitrogen and oxygen atoms in total. The third-order valence-electron chi connectivity index (χ3n) is 3.74. The molecule has 0 atom stereocenters. The van der Waals surface area contributed by atoms with Crippen molar-refractivity contribution in [3.63, 3.8) is 0 Å². The second-order valence-corrected chi connectivity index (χ2v) is 7.93. The zero-order chi connectivity index (χ0) is 18.7. The molecule has 1 heterocycles. The Morgan fingerprint density at radius 3 is 2.46 bits per heavy atom. The first kappa shape index (κ1) is 19.1. The van der Waals surface area contributed by atoms with Gasteiger partial charge in [-0.2, -0.15) is 10.1 Å². The summed E-state index contributed by atoms with van der Waals surface area (Å²) < 4.78 is 7.68. The molecule has 0 spiro atoms. The van der Waals surface area contributed by atoms with Crippen molar-refractivity contribution < 1.29 is 9.53 Å². The molecule has 1 aliphatic heterocycles. The van der Waals surface area contributed by atoms with Crippen molar-refractivity contribution in [1.29, 1.82) is 0 Å². The molecule has 0 saturated heterocycles. The zero-order valence-corrected chi connectivity index (χ0v) is 18.4. The maximum Gasteiger partial charge on any atom is 0.280 e. The van der Waals surface area contributed by atoms with Crippen LogP contribution in [0.1, 0.15) is 12.5 Å². The summed E-state index contributed by atoms with van der Waals surface area (Å²) in [7, 11) is 0. The van der Waals surface area contributed by atoms with Crippen LogP contribution in [0, 0.1) is 7.14 Å². The zero-order valence-electron chi connectivity index (χ0n) is 14.1. The Balaban J connectivity index is 1.92. The smallest absolute Gasteiger partial charge is 0.280 e. The first-order valence-corrected chi connectivity index (χ1v) is 10.1. The van der Waals surface area contributed by atoms with Crippen molar-refractivity contribution in [3.05, 3.63) is 73.4 Å². The lowest BCUT2D eigenvalue weighted by atomic mass is 10.1. The lowest BCUT2D eigenvalue weighted by Gasteiger charge is -2.11. The summed E-state index contributed by atoms with van der Waals surface area (Å²) in [5.74, 6) is 0.716. The molecule has 0 N–H and O–H groups in total. The third kappa shape index (κ3) is 4.01. The summed E-state index contributed by atoms with van der Waals surface area (Å²) in [6, 6.07) is 13.4. The Morgan fingerprint density at radius 2 is 1.85 bits per heavy atom. The van der Waals surface area contributed by atoms with Crippen molar-refractivity contribution in [2.75, 3.05) is 11.6 Å². The molecule has 0 saturated carbocycles. The molecular formula is C20H16I2N2O2. The first-order chi connectivity index (χ1) is 12.5. The van der Waals surface area contributed by atoms with E-state index in [1.807, 2.05) is 55.5 Å². The van der Waals surface area contributed by atoms with Crippen LogP contribution < -0.4 is 9.75 Å². The van der Waals surface area contributed by atoms with Crippen LogP contribution >= 0.6 is 45.2 Å². The number of amides is 1. The molecule has 0 radical (unpaired) electrons. The minimum absolute atomic E-state index is 0.120. The van der Waals surface area contributed by atoms with Crippen LogP contribution in [0.4, 0.5) is 5.69 Å². The SMILES string of the molecule is C=CCOc1c(I)cc(/C=C2/C(=O)N(c3ccccc3)N=C2C)cc1I. The lowest BCUT2D eigenvalue weighted by Crippen LogP contribution is -2.21. The van der Waals surface area contributed by atoms with E-state index in [2.05, 4.69) is 56.9 Å². The van der Waals surface area contributed by atoms with E-state index in [1.165, 1.54) is 5.01 Å². The summed E-state index contributed by atoms with van der Waals surface area (Å²) in [5, 5.41) is 5.86. The van der Waals surface area contributed by atoms with Crippen LogP contribution in [-0.2, 0) is 4.79 Å². The highest BCUT2D eigenvalue weighted by molar-refractivity contribution is 14.1. The summed E-state index contributed by atoms with van der Waals surface area (Å²) in [6.07, 6.45) is 3.60. The summed E-state index contributed by atoms with van der Waals surface area (Å²) >= 11 is 4.49. The molecule has 0 aromatic heterocycles. The van der Waals surface area contributed by atoms with Gasteiger partial charge in [-0.25, -0.2) is 0 Å². The number of benzene rings is 2. The van der Waals surface area contributed by atoms with Crippen molar-refractivity contribution in [3.8, 4) is 5.75 Å². The molecule has 1 amide bonds. The van der Waals surface area contributed by atoms with Crippen molar-refractivity contribution >= 4 is 68.6 Å². The Morgan fingerprint density at radius 1 is 1.19 bits per heavy atom. The maximum absolute atomic E-state index is 12.8. The van der Waals surface area contributed by atoms with E-state index in [4.69, 9.17) is 4.74 Å². The van der Waals surface area contributed by atoms with E-state index in [0.717, 1.165) is 24.1 Å². The van der Waals surface area contributed by atoms with E-state index >= 15 is 0 Å². The van der Waals surface area contributed by atoms with Crippen LogP contribution in [0.2, 0.25) is 0 Å². The second kappa shape index (κ2) is 8.34. The average molecular weight is 570 g/mol. The topological polar surface area (TPSA) is 41.9 Å². The Kier molecular flexibility index (Phi) is 6.13. The highest BCUT2D eigenvalue weighted by atomic mass is 127. The van der Waals surface area contributed by atoms with E-state index in [-0.39, 0.29) is 5.91 Å². The average Bonchev–Trinajstić information content (AvgIpc) is 2.90. The van der Waals surface area contributed by atoms with Gasteiger partial charge in [-0.05, 0) is 88.0 Å². The number of hydrogen-bond acceptors (Lipinski definition) is 3. The van der Waals surface area contributed by atoms with Gasteiger partial charge in [-0.15, -0.1) is 0 Å². The van der Waals surface area contributed by atoms with E-state index < -0.39 is 0 Å². The predicted octanol–water partition coefficient (Wildman–Crippen LogP) is 5.27. The van der Waals surface area contributed by atoms with Crippen LogP contribution in [0.5, 0.6) is 5.75 Å². The highest BCUT2D eigenvalue weighted by Gasteiger charge is 2.28. The number of nitrogens with zero attached hydrogens (tertiary/aromatic N) is 2. The van der Waals surface area contributed by atoms with E-state index in [9.17, 15) is 4.79 Å². The Bertz CT molecular complexity index is 898. The number of halogens is 2. The van der Waals surface area contributed by atoms with Crippen LogP contribution in [0.3, 0.4) is 0 Å². The predicted molar refractivity (Wildman–Crippen MR) is 123 cm³/mol. The normalized spacial score (nSPS) is 15.3. The van der Waals surface area contributed by atoms with Crippen molar-refractivity contribution in [2.24, 2.45) is 5.10 Å². The fourth-order valence-corrected chi connectivity index (χ4v) is 4.67. The molecule has 1 aliphatic rings. The molecule has 2 aromatic carbocycles. The van der Waals surface area contributed by atoms with Gasteiger partial charge in [-0.1, -0.05) is 30.9 Å². The monoisotopic (exact) mass is 570 g/mol. The van der Waals surface area contributed by atoms with Gasteiger partial charge in [0.2, 0.25) is 0 Å². The second-order valence-electron chi connectivity index (χ2n) is 5.61. The van der Waals surface area contributed by atoms with Gasteiger partial charge in [-0.3, -0.25) is 4.79 Å². The number of carbonyl (C=O) groups is 1. The minimum Gasteiger partial charge on any atom is -0.487 e. The standard InChI is InChI=1S/C20H16I2N2O2/c1-3-9-26-19-17(21)11-14(12-18(19)22)10-16-13(2)23-24(20(16)25)15-7-5-4-6-8-15/h3-8,10-12H,1,9H2,2H3/b16-10+. The fourth-order valence-electron chi connectivity index (χ4n) is 2.54. The molecule has 0 fully saturated rings. The fraction of sp³-hybridized carbons (Fsp3) is 0.100. The molecule has 0 aliphatic carbocycles. The van der Waals surface area contributed by atoms with Crippen molar-refractivity contribution in [2.45, 2.75) is 6.92 Å². The molecule has 0 unspecified atom stereocenters.